The predicted octanol–water partition coefficient (Wildman–Crippen LogP) is 5.69. The number of hydrogen-bond donors (Lipinski definition) is 1. The number of amides is 1. The Bertz CT molecular complexity index is 1870. The first kappa shape index (κ1) is 27.5. The average Bonchev–Trinajstić information content (AvgIpc) is 3.55. The maximum Gasteiger partial charge on any atom is 0.238 e. The lowest BCUT2D eigenvalue weighted by Crippen LogP contribution is -2.49. The van der Waals surface area contributed by atoms with E-state index in [1.54, 1.807) is 42.5 Å². The molecule has 1 fully saturated rings. The Morgan fingerprint density at radius 1 is 0.795 bits per heavy atom. The highest BCUT2D eigenvalue weighted by atomic mass is 16.5. The molecule has 0 radical (unpaired) electrons. The molecule has 0 aliphatic carbocycles. The van der Waals surface area contributed by atoms with Gasteiger partial charge in [0.1, 0.15) is 28.7 Å². The highest BCUT2D eigenvalue weighted by Crippen LogP contribution is 2.62. The number of ketones is 2. The number of carbonyl (C=O) groups excluding carboxylic acids is 3. The smallest absolute Gasteiger partial charge is 0.238 e. The number of rotatable bonds is 7. The van der Waals surface area contributed by atoms with E-state index >= 15 is 4.79 Å². The first-order valence-corrected chi connectivity index (χ1v) is 14.3. The molecule has 1 N–H and O–H groups in total. The van der Waals surface area contributed by atoms with Gasteiger partial charge in [0.25, 0.3) is 0 Å². The number of carbonyl (C=O) groups is 3. The number of para-hydroxylation sites is 1. The Kier molecular flexibility index (Phi) is 6.50. The quantitative estimate of drug-likeness (QED) is 0.278. The number of ether oxygens (including phenoxy) is 3. The van der Waals surface area contributed by atoms with Crippen LogP contribution in [0.4, 0.5) is 5.69 Å². The Balaban J connectivity index is 1.55. The van der Waals surface area contributed by atoms with Gasteiger partial charge in [-0.3, -0.25) is 14.4 Å². The first-order valence-electron chi connectivity index (χ1n) is 14.3. The number of nitrogens with one attached hydrogen (secondary N) is 1. The van der Waals surface area contributed by atoms with Crippen molar-refractivity contribution in [2.45, 2.75) is 17.5 Å². The molecule has 3 heterocycles. The van der Waals surface area contributed by atoms with E-state index in [1.807, 2.05) is 65.7 Å². The SMILES string of the molecule is COc1cccc(C(=O)[C@@H]2[C@H](C(=O)c3cc(OC)ccc3OC)[C@@]3(C(=O)Nc4ccccc43)[C@@H]3c4ccccc4C=CN23)c1. The molecule has 4 atom stereocenters. The fourth-order valence-corrected chi connectivity index (χ4v) is 7.29. The third-order valence-corrected chi connectivity index (χ3v) is 9.15. The molecule has 0 saturated carbocycles. The summed E-state index contributed by atoms with van der Waals surface area (Å²) in [5, 5.41) is 3.07. The van der Waals surface area contributed by atoms with E-state index < -0.39 is 29.2 Å². The van der Waals surface area contributed by atoms with Crippen molar-refractivity contribution in [3.63, 3.8) is 0 Å². The number of anilines is 1. The third-order valence-electron chi connectivity index (χ3n) is 9.15. The number of methoxy groups -OCH3 is 3. The van der Waals surface area contributed by atoms with Gasteiger partial charge in [0.05, 0.1) is 38.9 Å². The van der Waals surface area contributed by atoms with Crippen molar-refractivity contribution < 1.29 is 28.6 Å². The maximum atomic E-state index is 15.2. The highest BCUT2D eigenvalue weighted by molar-refractivity contribution is 6.17. The summed E-state index contributed by atoms with van der Waals surface area (Å²) in [5.41, 5.74) is 2.22. The molecule has 0 aromatic heterocycles. The zero-order chi connectivity index (χ0) is 30.6. The van der Waals surface area contributed by atoms with Crippen molar-refractivity contribution in [1.29, 1.82) is 0 Å². The van der Waals surface area contributed by atoms with Crippen LogP contribution in [0.3, 0.4) is 0 Å². The van der Waals surface area contributed by atoms with Crippen molar-refractivity contribution >= 4 is 29.2 Å². The first-order chi connectivity index (χ1) is 21.4. The molecular formula is C36H30N2O6. The fourth-order valence-electron chi connectivity index (χ4n) is 7.29. The second kappa shape index (κ2) is 10.4. The minimum absolute atomic E-state index is 0.231. The maximum absolute atomic E-state index is 15.2. The molecule has 220 valence electrons. The summed E-state index contributed by atoms with van der Waals surface area (Å²) in [6.07, 6.45) is 3.78. The van der Waals surface area contributed by atoms with Gasteiger partial charge in [-0.25, -0.2) is 0 Å². The van der Waals surface area contributed by atoms with Crippen LogP contribution in [0.2, 0.25) is 0 Å². The van der Waals surface area contributed by atoms with Gasteiger partial charge >= 0.3 is 0 Å². The molecular weight excluding hydrogens is 556 g/mol. The molecule has 0 unspecified atom stereocenters. The number of nitrogens with zero attached hydrogens (tertiary/aromatic N) is 1. The van der Waals surface area contributed by atoms with Crippen molar-refractivity contribution in [3.05, 3.63) is 125 Å². The Morgan fingerprint density at radius 3 is 2.34 bits per heavy atom. The van der Waals surface area contributed by atoms with Crippen LogP contribution >= 0.6 is 0 Å². The van der Waals surface area contributed by atoms with Crippen molar-refractivity contribution in [3.8, 4) is 17.2 Å². The third kappa shape index (κ3) is 3.80. The predicted molar refractivity (Wildman–Crippen MR) is 165 cm³/mol. The van der Waals surface area contributed by atoms with E-state index in [1.165, 1.54) is 21.3 Å². The van der Waals surface area contributed by atoms with E-state index in [0.29, 0.717) is 34.1 Å². The fraction of sp³-hybridized carbons (Fsp3) is 0.194. The lowest BCUT2D eigenvalue weighted by molar-refractivity contribution is -0.122. The molecule has 8 heteroatoms. The minimum Gasteiger partial charge on any atom is -0.497 e. The summed E-state index contributed by atoms with van der Waals surface area (Å²) in [6.45, 7) is 0. The lowest BCUT2D eigenvalue weighted by atomic mass is 9.62. The van der Waals surface area contributed by atoms with Crippen LogP contribution in [0.5, 0.6) is 17.2 Å². The molecule has 44 heavy (non-hydrogen) atoms. The van der Waals surface area contributed by atoms with Crippen molar-refractivity contribution in [2.24, 2.45) is 5.92 Å². The zero-order valence-electron chi connectivity index (χ0n) is 24.4. The second-order valence-electron chi connectivity index (χ2n) is 11.1. The monoisotopic (exact) mass is 586 g/mol. The molecule has 4 aromatic carbocycles. The van der Waals surface area contributed by atoms with Crippen molar-refractivity contribution in [2.75, 3.05) is 26.6 Å². The molecule has 7 rings (SSSR count). The van der Waals surface area contributed by atoms with Crippen LogP contribution in [-0.4, -0.2) is 49.7 Å². The standard InChI is InChI=1S/C36H30N2O6/c1-42-23-11-8-10-22(19-23)32(39)31-30(33(40)26-20-24(43-2)15-16-29(26)44-3)36(27-13-6-7-14-28(27)37-35(36)41)34-25-12-5-4-9-21(25)17-18-38(31)34/h4-20,30-31,34H,1-3H3,(H,37,41)/t30-,31+,34+,36-/m1/s1. The summed E-state index contributed by atoms with van der Waals surface area (Å²) in [6, 6.07) is 25.4. The molecule has 8 nitrogen and oxygen atoms in total. The molecule has 3 aliphatic rings. The van der Waals surface area contributed by atoms with Gasteiger partial charge in [0.2, 0.25) is 5.91 Å². The van der Waals surface area contributed by atoms with Gasteiger partial charge in [-0.15, -0.1) is 0 Å². The normalized spacial score (nSPS) is 22.6. The van der Waals surface area contributed by atoms with E-state index in [2.05, 4.69) is 5.32 Å². The van der Waals surface area contributed by atoms with E-state index in [9.17, 15) is 9.59 Å². The number of hydrogen-bond acceptors (Lipinski definition) is 7. The highest BCUT2D eigenvalue weighted by Gasteiger charge is 2.71. The second-order valence-corrected chi connectivity index (χ2v) is 11.1. The molecule has 1 amide bonds. The van der Waals surface area contributed by atoms with Crippen LogP contribution in [0.25, 0.3) is 6.08 Å². The van der Waals surface area contributed by atoms with Gasteiger partial charge in [-0.05, 0) is 59.2 Å². The van der Waals surface area contributed by atoms with Gasteiger partial charge < -0.3 is 24.4 Å². The van der Waals surface area contributed by atoms with Gasteiger partial charge in [-0.2, -0.15) is 0 Å². The molecule has 0 bridgehead atoms. The molecule has 4 aromatic rings. The average molecular weight is 587 g/mol. The van der Waals surface area contributed by atoms with Gasteiger partial charge in [-0.1, -0.05) is 54.6 Å². The summed E-state index contributed by atoms with van der Waals surface area (Å²) >= 11 is 0. The minimum atomic E-state index is -1.46. The topological polar surface area (TPSA) is 94.2 Å². The van der Waals surface area contributed by atoms with Gasteiger partial charge in [0, 0.05) is 17.5 Å². The lowest BCUT2D eigenvalue weighted by Gasteiger charge is -2.38. The Hall–Kier alpha value is -5.37. The largest absolute Gasteiger partial charge is 0.497 e. The molecule has 1 spiro atoms. The van der Waals surface area contributed by atoms with Crippen LogP contribution in [0, 0.1) is 5.92 Å². The summed E-state index contributed by atoms with van der Waals surface area (Å²) in [7, 11) is 4.54. The van der Waals surface area contributed by atoms with Crippen LogP contribution in [0.15, 0.2) is 97.2 Å². The number of fused-ring (bicyclic) bond motifs is 6. The van der Waals surface area contributed by atoms with E-state index in [-0.39, 0.29) is 17.3 Å². The van der Waals surface area contributed by atoms with Crippen LogP contribution < -0.4 is 19.5 Å². The van der Waals surface area contributed by atoms with Gasteiger partial charge in [0.15, 0.2) is 11.6 Å². The number of Topliss-reactive ketones (excluding diaryl/α,β-unsaturated/α-hetero) is 2. The summed E-state index contributed by atoms with van der Waals surface area (Å²) in [4.78, 5) is 46.5. The summed E-state index contributed by atoms with van der Waals surface area (Å²) in [5.74, 6) is -0.879. The molecule has 1 saturated heterocycles. The zero-order valence-corrected chi connectivity index (χ0v) is 24.4. The van der Waals surface area contributed by atoms with Crippen LogP contribution in [-0.2, 0) is 10.2 Å². The van der Waals surface area contributed by atoms with Crippen molar-refractivity contribution in [1.82, 2.24) is 4.90 Å². The molecule has 3 aliphatic heterocycles. The van der Waals surface area contributed by atoms with Crippen LogP contribution in [0.1, 0.15) is 43.4 Å². The Morgan fingerprint density at radius 2 is 1.55 bits per heavy atom. The Labute approximate surface area is 254 Å². The van der Waals surface area contributed by atoms with E-state index in [4.69, 9.17) is 14.2 Å². The number of benzene rings is 4. The summed E-state index contributed by atoms with van der Waals surface area (Å²) < 4.78 is 16.6. The van der Waals surface area contributed by atoms with E-state index in [0.717, 1.165) is 11.1 Å².